The first-order chi connectivity index (χ1) is 13.2. The number of nitrogens with zero attached hydrogens (tertiary/aromatic N) is 2. The van der Waals surface area contributed by atoms with Gasteiger partial charge in [-0.25, -0.2) is 5.26 Å². The van der Waals surface area contributed by atoms with Crippen LogP contribution in [0.2, 0.25) is 25.3 Å². The first kappa shape index (κ1) is 19.4. The Balaban J connectivity index is 1.63. The van der Waals surface area contributed by atoms with Crippen LogP contribution in [0.3, 0.4) is 0 Å². The second-order valence-corrected chi connectivity index (χ2v) is 10.4. The summed E-state index contributed by atoms with van der Waals surface area (Å²) in [5.41, 5.74) is 2.16. The van der Waals surface area contributed by atoms with E-state index in [1.165, 1.54) is 18.1 Å². The Hall–Kier alpha value is -1.95. The Morgan fingerprint density at radius 1 is 1.07 bits per heavy atom. The summed E-state index contributed by atoms with van der Waals surface area (Å²) >= 11 is 0. The lowest BCUT2D eigenvalue weighted by atomic mass is 9.42. The number of nitriles is 1. The largest absolute Gasteiger partial charge is 0.312 e. The van der Waals surface area contributed by atoms with Gasteiger partial charge in [-0.05, 0) is 41.2 Å². The number of aromatic nitrogens is 1. The van der Waals surface area contributed by atoms with Gasteiger partial charge in [0.2, 0.25) is 0 Å². The molecule has 3 nitrogen and oxygen atoms in total. The van der Waals surface area contributed by atoms with E-state index in [9.17, 15) is 4.79 Å². The lowest BCUT2D eigenvalue weighted by Gasteiger charge is -2.35. The smallest absolute Gasteiger partial charge is 0.268 e. The zero-order chi connectivity index (χ0) is 20.1. The highest BCUT2D eigenvalue weighted by atomic mass is 16.1. The molecule has 0 bridgehead atoms. The lowest BCUT2D eigenvalue weighted by molar-refractivity contribution is 0.177. The fourth-order valence-corrected chi connectivity index (χ4v) is 5.40. The summed E-state index contributed by atoms with van der Waals surface area (Å²) in [6.45, 7) is 10.3. The Bertz CT molecular complexity index is 978. The van der Waals surface area contributed by atoms with Crippen LogP contribution in [0.1, 0.15) is 46.6 Å². The van der Waals surface area contributed by atoms with Crippen LogP contribution in [0.15, 0.2) is 35.3 Å². The van der Waals surface area contributed by atoms with Crippen molar-refractivity contribution in [3.05, 3.63) is 40.8 Å². The molecule has 1 aromatic carbocycles. The van der Waals surface area contributed by atoms with E-state index in [-0.39, 0.29) is 18.3 Å². The average Bonchev–Trinajstić information content (AvgIpc) is 2.89. The van der Waals surface area contributed by atoms with E-state index in [0.717, 1.165) is 36.3 Å². The van der Waals surface area contributed by atoms with Crippen molar-refractivity contribution in [2.24, 2.45) is 10.8 Å². The summed E-state index contributed by atoms with van der Waals surface area (Å²) < 4.78 is 1.91. The number of rotatable bonds is 2. The van der Waals surface area contributed by atoms with Gasteiger partial charge in [0, 0.05) is 23.6 Å². The molecule has 0 aliphatic carbocycles. The predicted molar refractivity (Wildman–Crippen MR) is 120 cm³/mol. The highest BCUT2D eigenvalue weighted by Gasteiger charge is 2.48. The molecule has 0 unspecified atom stereocenters. The van der Waals surface area contributed by atoms with Gasteiger partial charge in [-0.1, -0.05) is 70.6 Å². The van der Waals surface area contributed by atoms with Crippen LogP contribution in [-0.2, 0) is 0 Å². The number of benzene rings is 1. The molecule has 5 heteroatoms. The van der Waals surface area contributed by atoms with Crippen molar-refractivity contribution in [3.63, 3.8) is 0 Å². The first-order valence-electron chi connectivity index (χ1n) is 10.8. The third-order valence-corrected chi connectivity index (χ3v) is 8.04. The van der Waals surface area contributed by atoms with Crippen LogP contribution in [0, 0.1) is 22.1 Å². The minimum Gasteiger partial charge on any atom is -0.312 e. The molecule has 2 aliphatic rings. The molecule has 0 atom stereocenters. The quantitative estimate of drug-likeness (QED) is 0.720. The van der Waals surface area contributed by atoms with Crippen LogP contribution in [-0.4, -0.2) is 18.0 Å². The first-order valence-corrected chi connectivity index (χ1v) is 10.8. The van der Waals surface area contributed by atoms with E-state index in [1.54, 1.807) is 0 Å². The molecule has 2 aliphatic heterocycles. The van der Waals surface area contributed by atoms with Gasteiger partial charge in [-0.2, -0.15) is 0 Å². The number of hydrogen-bond acceptors (Lipinski definition) is 2. The second kappa shape index (κ2) is 6.83. The van der Waals surface area contributed by atoms with E-state index < -0.39 is 0 Å². The van der Waals surface area contributed by atoms with Gasteiger partial charge in [-0.15, -0.1) is 0 Å². The average molecular weight is 372 g/mol. The van der Waals surface area contributed by atoms with E-state index in [1.807, 2.05) is 16.8 Å². The molecule has 28 heavy (non-hydrogen) atoms. The van der Waals surface area contributed by atoms with Crippen molar-refractivity contribution in [2.45, 2.75) is 71.9 Å². The zero-order valence-electron chi connectivity index (χ0n) is 17.7. The molecule has 2 fully saturated rings. The van der Waals surface area contributed by atoms with Crippen molar-refractivity contribution in [2.75, 3.05) is 0 Å². The third-order valence-electron chi connectivity index (χ3n) is 8.04. The van der Waals surface area contributed by atoms with Gasteiger partial charge in [-0.3, -0.25) is 4.79 Å². The van der Waals surface area contributed by atoms with Crippen molar-refractivity contribution < 1.29 is 0 Å². The number of pyridine rings is 1. The van der Waals surface area contributed by atoms with E-state index in [2.05, 4.69) is 51.9 Å². The molecule has 1 aromatic heterocycles. The Kier molecular flexibility index (Phi) is 4.73. The van der Waals surface area contributed by atoms with E-state index in [4.69, 9.17) is 5.26 Å². The summed E-state index contributed by atoms with van der Waals surface area (Å²) in [4.78, 5) is 13.1. The molecular formula is C23H30B2N2O. The van der Waals surface area contributed by atoms with E-state index >= 15 is 0 Å². The van der Waals surface area contributed by atoms with Crippen molar-refractivity contribution in [3.8, 4) is 5.97 Å². The van der Waals surface area contributed by atoms with E-state index in [0.29, 0.717) is 17.5 Å². The Labute approximate surface area is 169 Å². The predicted octanol–water partition coefficient (Wildman–Crippen LogP) is 4.66. The highest BCUT2D eigenvalue weighted by molar-refractivity contribution is 6.74. The van der Waals surface area contributed by atoms with Gasteiger partial charge in [0.25, 0.3) is 12.3 Å². The number of fused-ring (bicyclic) bond motifs is 1. The maximum atomic E-state index is 13.1. The summed E-state index contributed by atoms with van der Waals surface area (Å²) in [7, 11) is 0. The molecule has 4 rings (SSSR count). The van der Waals surface area contributed by atoms with Crippen molar-refractivity contribution >= 4 is 29.7 Å². The normalized spacial score (nSPS) is 21.8. The van der Waals surface area contributed by atoms with Crippen LogP contribution in [0.25, 0.3) is 10.8 Å². The molecule has 0 N–H and O–H groups in total. The van der Waals surface area contributed by atoms with Crippen molar-refractivity contribution in [1.82, 2.24) is 4.57 Å². The molecule has 144 valence electrons. The van der Waals surface area contributed by atoms with Gasteiger partial charge >= 0.3 is 0 Å². The highest BCUT2D eigenvalue weighted by Crippen LogP contribution is 2.52. The molecule has 0 saturated carbocycles. The fraction of sp³-hybridized carbons (Fsp3) is 0.565. The minimum atomic E-state index is 0.122. The van der Waals surface area contributed by atoms with Gasteiger partial charge < -0.3 is 4.57 Å². The Morgan fingerprint density at radius 2 is 1.71 bits per heavy atom. The molecule has 2 saturated heterocycles. The summed E-state index contributed by atoms with van der Waals surface area (Å²) in [5.74, 6) is 2.38. The molecule has 0 radical (unpaired) electrons. The minimum absolute atomic E-state index is 0.122. The molecule has 3 heterocycles. The third kappa shape index (κ3) is 3.21. The zero-order valence-corrected chi connectivity index (χ0v) is 17.7. The summed E-state index contributed by atoms with van der Waals surface area (Å²) in [6.07, 6.45) is 8.03. The fourth-order valence-electron chi connectivity index (χ4n) is 5.40. The van der Waals surface area contributed by atoms with Crippen molar-refractivity contribution in [1.29, 1.82) is 5.26 Å². The van der Waals surface area contributed by atoms with Crippen LogP contribution >= 0.6 is 0 Å². The molecule has 0 amide bonds. The summed E-state index contributed by atoms with van der Waals surface area (Å²) in [5, 5.41) is 11.0. The van der Waals surface area contributed by atoms with Gasteiger partial charge in [0.1, 0.15) is 0 Å². The van der Waals surface area contributed by atoms with Crippen LogP contribution in [0.4, 0.5) is 0 Å². The molecule has 2 aromatic rings. The SMILES string of the molecule is CC1(C)CB(c2ccc3c(=O)n(C4CCB(C#N)CC4)ccc3c2)CC1(C)C. The molecule has 0 spiro atoms. The van der Waals surface area contributed by atoms with Gasteiger partial charge in [0.05, 0.1) is 0 Å². The monoisotopic (exact) mass is 372 g/mol. The topological polar surface area (TPSA) is 45.8 Å². The number of hydrogen-bond donors (Lipinski definition) is 0. The standard InChI is InChI=1S/C23H30B2N2O/c1-22(2)14-25(15-23(22,3)4)18-5-6-20-17(13-18)9-12-27(21(20)28)19-7-10-24(16-26)11-8-19/h5-6,9,12-13,19H,7-8,10-11,14-15H2,1-4H3. The van der Waals surface area contributed by atoms with Crippen LogP contribution < -0.4 is 11.0 Å². The van der Waals surface area contributed by atoms with Crippen LogP contribution in [0.5, 0.6) is 0 Å². The summed E-state index contributed by atoms with van der Waals surface area (Å²) in [6, 6.07) is 8.82. The second-order valence-electron chi connectivity index (χ2n) is 10.4. The maximum Gasteiger partial charge on any atom is 0.268 e. The van der Waals surface area contributed by atoms with Gasteiger partial charge in [0.15, 0.2) is 6.71 Å². The molecular weight excluding hydrogens is 342 g/mol. The maximum absolute atomic E-state index is 13.1. The lowest BCUT2D eigenvalue weighted by Crippen LogP contribution is -2.31. The Morgan fingerprint density at radius 3 is 2.32 bits per heavy atom.